The summed E-state index contributed by atoms with van der Waals surface area (Å²) in [4.78, 5) is 13.4. The Labute approximate surface area is 186 Å². The second-order valence-corrected chi connectivity index (χ2v) is 7.84. The van der Waals surface area contributed by atoms with Gasteiger partial charge in [0.2, 0.25) is 0 Å². The number of carbonyl (C=O) groups excluding carboxylic acids is 1. The number of thiophene rings is 1. The summed E-state index contributed by atoms with van der Waals surface area (Å²) in [6.45, 7) is 2.74. The van der Waals surface area contributed by atoms with Crippen molar-refractivity contribution in [3.8, 4) is 16.2 Å². The molecule has 0 aliphatic carbocycles. The molecular weight excluding hydrogens is 416 g/mol. The van der Waals surface area contributed by atoms with Crippen molar-refractivity contribution >= 4 is 39.6 Å². The van der Waals surface area contributed by atoms with Crippen LogP contribution in [-0.4, -0.2) is 31.3 Å². The van der Waals surface area contributed by atoms with Crippen LogP contribution >= 0.6 is 23.6 Å². The Bertz CT molecular complexity index is 1000. The number of hydrogen-bond acceptors (Lipinski definition) is 5. The molecule has 1 heterocycles. The van der Waals surface area contributed by atoms with E-state index < -0.39 is 0 Å². The zero-order valence-corrected chi connectivity index (χ0v) is 18.6. The fourth-order valence-corrected chi connectivity index (χ4v) is 4.28. The number of thiocarbonyl (C=S) groups is 1. The molecule has 0 bridgehead atoms. The van der Waals surface area contributed by atoms with E-state index in [4.69, 9.17) is 21.7 Å². The minimum atomic E-state index is -0.366. The third-order valence-corrected chi connectivity index (χ3v) is 5.73. The van der Waals surface area contributed by atoms with Crippen molar-refractivity contribution in [3.63, 3.8) is 0 Å². The zero-order valence-electron chi connectivity index (χ0n) is 16.9. The normalized spacial score (nSPS) is 10.3. The molecule has 0 saturated heterocycles. The second-order valence-electron chi connectivity index (χ2n) is 6.38. The summed E-state index contributed by atoms with van der Waals surface area (Å²) in [5.74, 6) is 0.490. The molecule has 2 aromatic carbocycles. The number of carbonyl (C=O) groups is 1. The molecule has 3 aromatic rings. The van der Waals surface area contributed by atoms with Gasteiger partial charge in [0.05, 0.1) is 19.3 Å². The molecule has 0 unspecified atom stereocenters. The van der Waals surface area contributed by atoms with Gasteiger partial charge in [-0.25, -0.2) is 4.79 Å². The van der Waals surface area contributed by atoms with E-state index in [-0.39, 0.29) is 5.97 Å². The molecule has 0 amide bonds. The average Bonchev–Trinajstić information content (AvgIpc) is 3.18. The third kappa shape index (κ3) is 5.58. The van der Waals surface area contributed by atoms with Crippen LogP contribution in [-0.2, 0) is 11.2 Å². The quantitative estimate of drug-likeness (QED) is 0.374. The first-order chi connectivity index (χ1) is 14.6. The van der Waals surface area contributed by atoms with Gasteiger partial charge >= 0.3 is 5.97 Å². The topological polar surface area (TPSA) is 59.6 Å². The summed E-state index contributed by atoms with van der Waals surface area (Å²) in [7, 11) is 1.66. The molecule has 0 fully saturated rings. The van der Waals surface area contributed by atoms with Crippen LogP contribution in [0, 0.1) is 0 Å². The molecule has 2 N–H and O–H groups in total. The molecule has 0 aliphatic rings. The lowest BCUT2D eigenvalue weighted by Crippen LogP contribution is -2.30. The Morgan fingerprint density at radius 2 is 1.83 bits per heavy atom. The number of anilines is 1. The van der Waals surface area contributed by atoms with Gasteiger partial charge in [0.1, 0.15) is 10.8 Å². The highest BCUT2D eigenvalue weighted by molar-refractivity contribution is 7.80. The van der Waals surface area contributed by atoms with Crippen molar-refractivity contribution in [1.29, 1.82) is 0 Å². The second kappa shape index (κ2) is 10.8. The maximum atomic E-state index is 12.4. The van der Waals surface area contributed by atoms with Gasteiger partial charge in [0.15, 0.2) is 5.11 Å². The highest BCUT2D eigenvalue weighted by Gasteiger charge is 2.19. The Morgan fingerprint density at radius 3 is 2.57 bits per heavy atom. The van der Waals surface area contributed by atoms with Gasteiger partial charge in [0.25, 0.3) is 0 Å². The molecule has 7 heteroatoms. The number of para-hydroxylation sites is 1. The molecule has 0 aliphatic heterocycles. The Morgan fingerprint density at radius 1 is 1.10 bits per heavy atom. The van der Waals surface area contributed by atoms with Crippen molar-refractivity contribution < 1.29 is 14.3 Å². The number of benzene rings is 2. The Hall–Kier alpha value is -2.90. The molecule has 30 heavy (non-hydrogen) atoms. The van der Waals surface area contributed by atoms with Gasteiger partial charge in [-0.3, -0.25) is 0 Å². The van der Waals surface area contributed by atoms with Crippen LogP contribution < -0.4 is 15.4 Å². The van der Waals surface area contributed by atoms with Crippen LogP contribution in [0.3, 0.4) is 0 Å². The van der Waals surface area contributed by atoms with E-state index in [0.717, 1.165) is 28.2 Å². The van der Waals surface area contributed by atoms with Crippen molar-refractivity contribution in [2.24, 2.45) is 0 Å². The van der Waals surface area contributed by atoms with Gasteiger partial charge in [-0.2, -0.15) is 0 Å². The van der Waals surface area contributed by atoms with E-state index in [9.17, 15) is 4.79 Å². The maximum absolute atomic E-state index is 12.4. The highest BCUT2D eigenvalue weighted by Crippen LogP contribution is 2.35. The first-order valence-corrected chi connectivity index (χ1v) is 10.9. The molecule has 0 atom stereocenters. The third-order valence-electron chi connectivity index (χ3n) is 4.39. The Kier molecular flexibility index (Phi) is 7.82. The SMILES string of the molecule is CCOC(=O)c1cc(-c2ccccc2)sc1NC(=S)NCCc1ccccc1OC. The van der Waals surface area contributed by atoms with Crippen LogP contribution in [0.5, 0.6) is 5.75 Å². The summed E-state index contributed by atoms with van der Waals surface area (Å²) in [6, 6.07) is 19.7. The van der Waals surface area contributed by atoms with E-state index in [1.807, 2.05) is 60.7 Å². The van der Waals surface area contributed by atoms with Gasteiger partial charge in [-0.15, -0.1) is 11.3 Å². The molecule has 0 radical (unpaired) electrons. The fraction of sp³-hybridized carbons (Fsp3) is 0.217. The standard InChI is InChI=1S/C23H24N2O3S2/c1-3-28-22(26)18-15-20(17-10-5-4-6-11-17)30-21(18)25-23(29)24-14-13-16-9-7-8-12-19(16)27-2/h4-12,15H,3,13-14H2,1-2H3,(H2,24,25,29). The van der Waals surface area contributed by atoms with Crippen LogP contribution in [0.1, 0.15) is 22.8 Å². The predicted molar refractivity (Wildman–Crippen MR) is 127 cm³/mol. The van der Waals surface area contributed by atoms with Gasteiger partial charge in [0, 0.05) is 11.4 Å². The highest BCUT2D eigenvalue weighted by atomic mass is 32.1. The van der Waals surface area contributed by atoms with E-state index >= 15 is 0 Å². The molecular formula is C23H24N2O3S2. The summed E-state index contributed by atoms with van der Waals surface area (Å²) < 4.78 is 10.6. The first-order valence-electron chi connectivity index (χ1n) is 9.65. The molecule has 3 rings (SSSR count). The number of rotatable bonds is 8. The van der Waals surface area contributed by atoms with Crippen molar-refractivity contribution in [1.82, 2.24) is 5.32 Å². The number of hydrogen-bond donors (Lipinski definition) is 2. The number of methoxy groups -OCH3 is 1. The maximum Gasteiger partial charge on any atom is 0.341 e. The first kappa shape index (κ1) is 21.8. The summed E-state index contributed by atoms with van der Waals surface area (Å²) >= 11 is 6.92. The predicted octanol–water partition coefficient (Wildman–Crippen LogP) is 5.13. The van der Waals surface area contributed by atoms with E-state index in [1.165, 1.54) is 11.3 Å². The molecule has 156 valence electrons. The summed E-state index contributed by atoms with van der Waals surface area (Å²) in [5.41, 5.74) is 2.62. The van der Waals surface area contributed by atoms with Crippen molar-refractivity contribution in [3.05, 3.63) is 71.8 Å². The monoisotopic (exact) mass is 440 g/mol. The molecule has 5 nitrogen and oxygen atoms in total. The number of esters is 1. The smallest absolute Gasteiger partial charge is 0.341 e. The largest absolute Gasteiger partial charge is 0.496 e. The number of ether oxygens (including phenoxy) is 2. The van der Waals surface area contributed by atoms with Crippen LogP contribution in [0.4, 0.5) is 5.00 Å². The lowest BCUT2D eigenvalue weighted by atomic mass is 10.1. The Balaban J connectivity index is 1.68. The van der Waals surface area contributed by atoms with Crippen molar-refractivity contribution in [2.75, 3.05) is 25.6 Å². The lowest BCUT2D eigenvalue weighted by molar-refractivity contribution is 0.0528. The lowest BCUT2D eigenvalue weighted by Gasteiger charge is -2.12. The van der Waals surface area contributed by atoms with Crippen LogP contribution in [0.25, 0.3) is 10.4 Å². The van der Waals surface area contributed by atoms with Gasteiger partial charge in [-0.1, -0.05) is 48.5 Å². The molecule has 0 spiro atoms. The summed E-state index contributed by atoms with van der Waals surface area (Å²) in [6.07, 6.45) is 0.760. The molecule has 1 aromatic heterocycles. The number of nitrogens with one attached hydrogen (secondary N) is 2. The minimum Gasteiger partial charge on any atom is -0.496 e. The van der Waals surface area contributed by atoms with Crippen molar-refractivity contribution in [2.45, 2.75) is 13.3 Å². The van der Waals surface area contributed by atoms with E-state index in [0.29, 0.717) is 28.8 Å². The van der Waals surface area contributed by atoms with Gasteiger partial charge < -0.3 is 20.1 Å². The molecule has 0 saturated carbocycles. The van der Waals surface area contributed by atoms with Gasteiger partial charge in [-0.05, 0) is 48.8 Å². The fourth-order valence-electron chi connectivity index (χ4n) is 2.96. The van der Waals surface area contributed by atoms with Crippen LogP contribution in [0.15, 0.2) is 60.7 Å². The van der Waals surface area contributed by atoms with E-state index in [2.05, 4.69) is 10.6 Å². The average molecular weight is 441 g/mol. The summed E-state index contributed by atoms with van der Waals surface area (Å²) in [5, 5.41) is 7.48. The van der Waals surface area contributed by atoms with E-state index in [1.54, 1.807) is 14.0 Å². The van der Waals surface area contributed by atoms with Crippen LogP contribution in [0.2, 0.25) is 0 Å². The minimum absolute atomic E-state index is 0.316. The zero-order chi connectivity index (χ0) is 21.3.